The first-order valence-electron chi connectivity index (χ1n) is 7.08. The third-order valence-electron chi connectivity index (χ3n) is 3.45. The zero-order chi connectivity index (χ0) is 15.4. The van der Waals surface area contributed by atoms with Crippen LogP contribution in [0.15, 0.2) is 30.4 Å². The van der Waals surface area contributed by atoms with Gasteiger partial charge in [0.25, 0.3) is 5.91 Å². The Labute approximate surface area is 125 Å². The molecule has 21 heavy (non-hydrogen) atoms. The minimum absolute atomic E-state index is 0.0749. The van der Waals surface area contributed by atoms with Crippen molar-refractivity contribution in [2.75, 3.05) is 19.8 Å². The average Bonchev–Trinajstić information content (AvgIpc) is 2.73. The third kappa shape index (κ3) is 3.73. The van der Waals surface area contributed by atoms with Crippen LogP contribution in [0.1, 0.15) is 28.5 Å². The molecule has 2 rings (SSSR count). The van der Waals surface area contributed by atoms with E-state index in [1.54, 1.807) is 0 Å². The van der Waals surface area contributed by atoms with Gasteiger partial charge in [0.05, 0.1) is 13.2 Å². The Bertz CT molecular complexity index is 671. The molecule has 4 heteroatoms. The second-order valence-corrected chi connectivity index (χ2v) is 5.40. The number of carbonyl (C=O) groups is 1. The molecule has 0 aliphatic heterocycles. The Morgan fingerprint density at radius 1 is 1.38 bits per heavy atom. The van der Waals surface area contributed by atoms with E-state index in [0.29, 0.717) is 25.3 Å². The molecule has 0 radical (unpaired) electrons. The van der Waals surface area contributed by atoms with E-state index in [1.165, 1.54) is 5.56 Å². The first-order valence-corrected chi connectivity index (χ1v) is 7.08. The van der Waals surface area contributed by atoms with E-state index in [-0.39, 0.29) is 5.91 Å². The summed E-state index contributed by atoms with van der Waals surface area (Å²) < 4.78 is 5.35. The van der Waals surface area contributed by atoms with Gasteiger partial charge in [0, 0.05) is 28.7 Å². The average molecular weight is 286 g/mol. The van der Waals surface area contributed by atoms with Gasteiger partial charge in [-0.1, -0.05) is 12.2 Å². The summed E-state index contributed by atoms with van der Waals surface area (Å²) in [5, 5.41) is 3.96. The Balaban J connectivity index is 1.96. The number of H-pyrrole nitrogens is 1. The predicted molar refractivity (Wildman–Crippen MR) is 85.7 cm³/mol. The highest BCUT2D eigenvalue weighted by Crippen LogP contribution is 2.22. The van der Waals surface area contributed by atoms with E-state index in [2.05, 4.69) is 23.8 Å². The second-order valence-electron chi connectivity index (χ2n) is 5.40. The van der Waals surface area contributed by atoms with Crippen LogP contribution in [-0.4, -0.2) is 30.6 Å². The minimum atomic E-state index is -0.0749. The lowest BCUT2D eigenvalue weighted by Gasteiger charge is -2.06. The molecule has 1 aromatic heterocycles. The van der Waals surface area contributed by atoms with Crippen molar-refractivity contribution in [3.05, 3.63) is 47.2 Å². The van der Waals surface area contributed by atoms with Gasteiger partial charge in [-0.05, 0) is 44.5 Å². The Morgan fingerprint density at radius 3 is 2.86 bits per heavy atom. The van der Waals surface area contributed by atoms with Gasteiger partial charge >= 0.3 is 0 Å². The molecule has 0 bridgehead atoms. The van der Waals surface area contributed by atoms with Gasteiger partial charge in [0.2, 0.25) is 0 Å². The SMILES string of the molecule is C=C(C)COCCNC(=O)c1ccc2[nH]c(C)c(C)c2c1. The van der Waals surface area contributed by atoms with E-state index in [4.69, 9.17) is 4.74 Å². The number of aromatic nitrogens is 1. The van der Waals surface area contributed by atoms with E-state index in [9.17, 15) is 4.79 Å². The number of nitrogens with one attached hydrogen (secondary N) is 2. The van der Waals surface area contributed by atoms with Crippen molar-refractivity contribution >= 4 is 16.8 Å². The molecule has 0 spiro atoms. The fraction of sp³-hybridized carbons (Fsp3) is 0.353. The molecule has 2 aromatic rings. The number of aromatic amines is 1. The predicted octanol–water partition coefficient (Wildman–Crippen LogP) is 3.11. The molecule has 1 aromatic carbocycles. The molecule has 112 valence electrons. The lowest BCUT2D eigenvalue weighted by molar-refractivity contribution is 0.0927. The van der Waals surface area contributed by atoms with Gasteiger partial charge in [-0.2, -0.15) is 0 Å². The van der Waals surface area contributed by atoms with E-state index in [1.807, 2.05) is 32.0 Å². The molecule has 0 fully saturated rings. The van der Waals surface area contributed by atoms with Crippen LogP contribution in [-0.2, 0) is 4.74 Å². The monoisotopic (exact) mass is 286 g/mol. The van der Waals surface area contributed by atoms with Gasteiger partial charge in [0.1, 0.15) is 0 Å². The van der Waals surface area contributed by atoms with Crippen LogP contribution in [0.25, 0.3) is 10.9 Å². The van der Waals surface area contributed by atoms with Gasteiger partial charge in [-0.25, -0.2) is 0 Å². The summed E-state index contributed by atoms with van der Waals surface area (Å²) in [6.07, 6.45) is 0. The summed E-state index contributed by atoms with van der Waals surface area (Å²) in [4.78, 5) is 15.4. The van der Waals surface area contributed by atoms with Crippen LogP contribution >= 0.6 is 0 Å². The zero-order valence-electron chi connectivity index (χ0n) is 12.9. The highest BCUT2D eigenvalue weighted by molar-refractivity contribution is 5.99. The number of hydrogen-bond donors (Lipinski definition) is 2. The molecule has 4 nitrogen and oxygen atoms in total. The maximum Gasteiger partial charge on any atom is 0.251 e. The number of benzene rings is 1. The molecule has 0 aliphatic carbocycles. The highest BCUT2D eigenvalue weighted by Gasteiger charge is 2.09. The molecule has 1 heterocycles. The Morgan fingerprint density at radius 2 is 2.14 bits per heavy atom. The van der Waals surface area contributed by atoms with Crippen molar-refractivity contribution in [2.24, 2.45) is 0 Å². The summed E-state index contributed by atoms with van der Waals surface area (Å²) in [6.45, 7) is 11.3. The van der Waals surface area contributed by atoms with Crippen LogP contribution in [0.3, 0.4) is 0 Å². The molecular formula is C17H22N2O2. The Hall–Kier alpha value is -2.07. The molecule has 0 unspecified atom stereocenters. The quantitative estimate of drug-likeness (QED) is 0.633. The first-order chi connectivity index (χ1) is 9.99. The molecular weight excluding hydrogens is 264 g/mol. The van der Waals surface area contributed by atoms with Crippen molar-refractivity contribution < 1.29 is 9.53 Å². The van der Waals surface area contributed by atoms with Gasteiger partial charge in [-0.3, -0.25) is 4.79 Å². The van der Waals surface area contributed by atoms with Crippen LogP contribution in [0.5, 0.6) is 0 Å². The van der Waals surface area contributed by atoms with Gasteiger partial charge in [-0.15, -0.1) is 0 Å². The summed E-state index contributed by atoms with van der Waals surface area (Å²) in [6, 6.07) is 5.71. The number of ether oxygens (including phenoxy) is 1. The number of fused-ring (bicyclic) bond motifs is 1. The third-order valence-corrected chi connectivity index (χ3v) is 3.45. The number of hydrogen-bond acceptors (Lipinski definition) is 2. The van der Waals surface area contributed by atoms with Crippen LogP contribution in [0.4, 0.5) is 0 Å². The Kier molecular flexibility index (Phi) is 4.81. The zero-order valence-corrected chi connectivity index (χ0v) is 12.9. The van der Waals surface area contributed by atoms with Crippen molar-refractivity contribution in [1.29, 1.82) is 0 Å². The molecule has 0 saturated carbocycles. The normalized spacial score (nSPS) is 10.8. The maximum atomic E-state index is 12.1. The molecule has 0 atom stereocenters. The number of amides is 1. The molecule has 0 aliphatic rings. The summed E-state index contributed by atoms with van der Waals surface area (Å²) in [5.41, 5.74) is 5.03. The number of aryl methyl sites for hydroxylation is 2. The number of carbonyl (C=O) groups excluding carboxylic acids is 1. The van der Waals surface area contributed by atoms with E-state index in [0.717, 1.165) is 22.2 Å². The first kappa shape index (κ1) is 15.3. The minimum Gasteiger partial charge on any atom is -0.375 e. The summed E-state index contributed by atoms with van der Waals surface area (Å²) in [7, 11) is 0. The van der Waals surface area contributed by atoms with Crippen molar-refractivity contribution in [3.8, 4) is 0 Å². The van der Waals surface area contributed by atoms with Crippen molar-refractivity contribution in [1.82, 2.24) is 10.3 Å². The maximum absolute atomic E-state index is 12.1. The lowest BCUT2D eigenvalue weighted by atomic mass is 10.1. The van der Waals surface area contributed by atoms with Crippen molar-refractivity contribution in [2.45, 2.75) is 20.8 Å². The van der Waals surface area contributed by atoms with Crippen LogP contribution in [0.2, 0.25) is 0 Å². The summed E-state index contributed by atoms with van der Waals surface area (Å²) >= 11 is 0. The van der Waals surface area contributed by atoms with Gasteiger partial charge < -0.3 is 15.0 Å². The smallest absolute Gasteiger partial charge is 0.251 e. The van der Waals surface area contributed by atoms with Crippen molar-refractivity contribution in [3.63, 3.8) is 0 Å². The topological polar surface area (TPSA) is 54.1 Å². The van der Waals surface area contributed by atoms with Gasteiger partial charge in [0.15, 0.2) is 0 Å². The standard InChI is InChI=1S/C17H22N2O2/c1-11(2)10-21-8-7-18-17(20)14-5-6-16-15(9-14)12(3)13(4)19-16/h5-6,9,19H,1,7-8,10H2,2-4H3,(H,18,20). The number of rotatable bonds is 6. The van der Waals surface area contributed by atoms with Crippen LogP contribution < -0.4 is 5.32 Å². The van der Waals surface area contributed by atoms with Crippen LogP contribution in [0, 0.1) is 13.8 Å². The molecule has 0 saturated heterocycles. The lowest BCUT2D eigenvalue weighted by Crippen LogP contribution is -2.27. The second kappa shape index (κ2) is 6.59. The fourth-order valence-corrected chi connectivity index (χ4v) is 2.19. The largest absolute Gasteiger partial charge is 0.375 e. The molecule has 2 N–H and O–H groups in total. The van der Waals surface area contributed by atoms with E-state index >= 15 is 0 Å². The molecule has 1 amide bonds. The summed E-state index contributed by atoms with van der Waals surface area (Å²) in [5.74, 6) is -0.0749. The highest BCUT2D eigenvalue weighted by atomic mass is 16.5. The van der Waals surface area contributed by atoms with E-state index < -0.39 is 0 Å². The fourth-order valence-electron chi connectivity index (χ4n) is 2.19.